The van der Waals surface area contributed by atoms with E-state index in [9.17, 15) is 22.0 Å². The van der Waals surface area contributed by atoms with Gasteiger partial charge in [-0.2, -0.15) is 13.5 Å². The van der Waals surface area contributed by atoms with Crippen molar-refractivity contribution in [3.63, 3.8) is 0 Å². The molecule has 2 N–H and O–H groups in total. The summed E-state index contributed by atoms with van der Waals surface area (Å²) in [5.41, 5.74) is 0.618. The fourth-order valence-electron chi connectivity index (χ4n) is 2.92. The van der Waals surface area contributed by atoms with Crippen molar-refractivity contribution in [2.75, 3.05) is 12.4 Å². The van der Waals surface area contributed by atoms with E-state index in [0.29, 0.717) is 0 Å². The third-order valence-electron chi connectivity index (χ3n) is 4.73. The zero-order chi connectivity index (χ0) is 25.0. The normalized spacial score (nSPS) is 11.5. The maximum Gasteiger partial charge on any atom is 0.340 e. The van der Waals surface area contributed by atoms with Gasteiger partial charge in [0.25, 0.3) is 10.0 Å². The predicted octanol–water partition coefficient (Wildman–Crippen LogP) is 5.08. The molecule has 0 aliphatic carbocycles. The largest absolute Gasteiger partial charge is 0.465 e. The van der Waals surface area contributed by atoms with Crippen LogP contribution in [0, 0.1) is 25.5 Å². The van der Waals surface area contributed by atoms with Gasteiger partial charge in [-0.3, -0.25) is 0 Å². The number of hydrogen-bond acceptors (Lipinski definition) is 6. The molecule has 0 saturated heterocycles. The lowest BCUT2D eigenvalue weighted by atomic mass is 10.1. The van der Waals surface area contributed by atoms with Gasteiger partial charge in [0.15, 0.2) is 11.6 Å². The second-order valence-corrected chi connectivity index (χ2v) is 9.35. The topological polar surface area (TPSA) is 96.9 Å². The number of nitrogens with one attached hydrogen (secondary N) is 2. The lowest BCUT2D eigenvalue weighted by Gasteiger charge is -2.15. The maximum atomic E-state index is 15.0. The highest BCUT2D eigenvalue weighted by Gasteiger charge is 2.23. The fraction of sp³-hybridized carbons (Fsp3) is 0.130. The summed E-state index contributed by atoms with van der Waals surface area (Å²) < 4.78 is 59.1. The van der Waals surface area contributed by atoms with Crippen molar-refractivity contribution in [2.24, 2.45) is 5.10 Å². The highest BCUT2D eigenvalue weighted by molar-refractivity contribution is 7.89. The van der Waals surface area contributed by atoms with Crippen molar-refractivity contribution in [3.8, 4) is 0 Å². The highest BCUT2D eigenvalue weighted by atomic mass is 35.5. The minimum atomic E-state index is -4.04. The number of rotatable bonds is 7. The number of benzene rings is 3. The van der Waals surface area contributed by atoms with E-state index in [4.69, 9.17) is 11.6 Å². The van der Waals surface area contributed by atoms with Crippen molar-refractivity contribution in [2.45, 2.75) is 18.7 Å². The second-order valence-electron chi connectivity index (χ2n) is 7.28. The Kier molecular flexibility index (Phi) is 7.53. The minimum Gasteiger partial charge on any atom is -0.465 e. The van der Waals surface area contributed by atoms with Gasteiger partial charge in [0.2, 0.25) is 0 Å². The number of carbonyl (C=O) groups is 1. The van der Waals surface area contributed by atoms with E-state index in [-0.39, 0.29) is 21.2 Å². The van der Waals surface area contributed by atoms with Gasteiger partial charge in [-0.25, -0.2) is 18.4 Å². The first-order valence-electron chi connectivity index (χ1n) is 9.78. The Bertz CT molecular complexity index is 1380. The molecule has 0 unspecified atom stereocenters. The molecule has 3 rings (SSSR count). The molecule has 0 bridgehead atoms. The van der Waals surface area contributed by atoms with Crippen LogP contribution < -0.4 is 10.1 Å². The number of hydrazone groups is 1. The molecule has 0 heterocycles. The molecular weight excluding hydrogens is 488 g/mol. The summed E-state index contributed by atoms with van der Waals surface area (Å²) in [5, 5.41) is 6.37. The first kappa shape index (κ1) is 25.1. The monoisotopic (exact) mass is 507 g/mol. The van der Waals surface area contributed by atoms with E-state index in [0.717, 1.165) is 30.5 Å². The van der Waals surface area contributed by atoms with Gasteiger partial charge >= 0.3 is 5.97 Å². The number of esters is 1. The lowest BCUT2D eigenvalue weighted by molar-refractivity contribution is 0.0601. The molecule has 7 nitrogen and oxygen atoms in total. The summed E-state index contributed by atoms with van der Waals surface area (Å²) >= 11 is 6.16. The molecule has 0 fully saturated rings. The molecule has 11 heteroatoms. The molecule has 3 aromatic carbocycles. The molecule has 0 amide bonds. The van der Waals surface area contributed by atoms with E-state index < -0.39 is 38.9 Å². The zero-order valence-electron chi connectivity index (χ0n) is 18.3. The molecule has 0 atom stereocenters. The number of ether oxygens (including phenoxy) is 1. The van der Waals surface area contributed by atoms with E-state index in [1.165, 1.54) is 12.1 Å². The van der Waals surface area contributed by atoms with E-state index >= 15 is 0 Å². The van der Waals surface area contributed by atoms with Gasteiger partial charge in [0.05, 0.1) is 40.2 Å². The van der Waals surface area contributed by atoms with Crippen LogP contribution in [0.25, 0.3) is 0 Å². The Labute approximate surface area is 200 Å². The standard InChI is InChI=1S/C23H20ClF2N3O4S/c1-13-4-7-16(8-5-13)34(31,32)29-27-12-15-11-17(23(30)33-3)22(21(26)20(15)25)28-19-9-6-14(2)10-18(19)24/h4-12,28-29H,1-3H3/b27-12+. The van der Waals surface area contributed by atoms with Gasteiger partial charge in [0, 0.05) is 5.56 Å². The van der Waals surface area contributed by atoms with Crippen molar-refractivity contribution in [1.82, 2.24) is 4.83 Å². The van der Waals surface area contributed by atoms with E-state index in [1.54, 1.807) is 44.2 Å². The molecular formula is C23H20ClF2N3O4S. The zero-order valence-corrected chi connectivity index (χ0v) is 19.9. The maximum absolute atomic E-state index is 15.0. The van der Waals surface area contributed by atoms with Crippen LogP contribution in [0.4, 0.5) is 20.2 Å². The first-order valence-corrected chi connectivity index (χ1v) is 11.6. The average Bonchev–Trinajstić information content (AvgIpc) is 2.79. The summed E-state index contributed by atoms with van der Waals surface area (Å²) in [5.74, 6) is -3.72. The summed E-state index contributed by atoms with van der Waals surface area (Å²) in [6.07, 6.45) is 0.749. The minimum absolute atomic E-state index is 0.0633. The molecule has 0 saturated carbocycles. The van der Waals surface area contributed by atoms with Gasteiger partial charge in [0.1, 0.15) is 0 Å². The number of sulfonamides is 1. The third-order valence-corrected chi connectivity index (χ3v) is 6.28. The van der Waals surface area contributed by atoms with E-state index in [2.05, 4.69) is 15.2 Å². The first-order chi connectivity index (χ1) is 16.0. The summed E-state index contributed by atoms with van der Waals surface area (Å²) in [7, 11) is -2.96. The molecule has 178 valence electrons. The number of hydrogen-bond donors (Lipinski definition) is 2. The van der Waals surface area contributed by atoms with Crippen LogP contribution in [0.2, 0.25) is 5.02 Å². The molecule has 3 aromatic rings. The van der Waals surface area contributed by atoms with Crippen LogP contribution in [0.3, 0.4) is 0 Å². The van der Waals surface area contributed by atoms with Gasteiger partial charge in [-0.05, 0) is 49.7 Å². The number of aryl methyl sites for hydroxylation is 2. The molecule has 0 aliphatic heterocycles. The van der Waals surface area contributed by atoms with Crippen LogP contribution in [-0.4, -0.2) is 27.7 Å². The van der Waals surface area contributed by atoms with Crippen LogP contribution in [0.1, 0.15) is 27.0 Å². The average molecular weight is 508 g/mol. The van der Waals surface area contributed by atoms with Gasteiger partial charge < -0.3 is 10.1 Å². The van der Waals surface area contributed by atoms with Crippen molar-refractivity contribution < 1.29 is 26.7 Å². The number of nitrogens with zero attached hydrogens (tertiary/aromatic N) is 1. The van der Waals surface area contributed by atoms with Crippen molar-refractivity contribution in [3.05, 3.63) is 87.4 Å². The molecule has 0 aromatic heterocycles. The molecule has 34 heavy (non-hydrogen) atoms. The number of anilines is 2. The SMILES string of the molecule is COC(=O)c1cc(/C=N/NS(=O)(=O)c2ccc(C)cc2)c(F)c(F)c1Nc1ccc(C)cc1Cl. The van der Waals surface area contributed by atoms with Gasteiger partial charge in [-0.1, -0.05) is 35.4 Å². The Balaban J connectivity index is 1.96. The molecule has 0 spiro atoms. The van der Waals surface area contributed by atoms with Crippen LogP contribution in [0.15, 0.2) is 58.5 Å². The summed E-state index contributed by atoms with van der Waals surface area (Å²) in [6, 6.07) is 11.8. The van der Waals surface area contributed by atoms with Crippen LogP contribution >= 0.6 is 11.6 Å². The fourth-order valence-corrected chi connectivity index (χ4v) is 4.00. The highest BCUT2D eigenvalue weighted by Crippen LogP contribution is 2.32. The Hall–Kier alpha value is -3.50. The summed E-state index contributed by atoms with van der Waals surface area (Å²) in [6.45, 7) is 3.60. The van der Waals surface area contributed by atoms with Crippen LogP contribution in [0.5, 0.6) is 0 Å². The van der Waals surface area contributed by atoms with Gasteiger partial charge in [-0.15, -0.1) is 0 Å². The quantitative estimate of drug-likeness (QED) is 0.264. The predicted molar refractivity (Wildman–Crippen MR) is 126 cm³/mol. The van der Waals surface area contributed by atoms with Crippen LogP contribution in [-0.2, 0) is 14.8 Å². The summed E-state index contributed by atoms with van der Waals surface area (Å²) in [4.78, 5) is 14.1. The number of methoxy groups -OCH3 is 1. The third kappa shape index (κ3) is 5.52. The van der Waals surface area contributed by atoms with Crippen molar-refractivity contribution in [1.29, 1.82) is 0 Å². The Morgan fingerprint density at radius 1 is 1.03 bits per heavy atom. The lowest BCUT2D eigenvalue weighted by Crippen LogP contribution is -2.18. The molecule has 0 aliphatic rings. The Morgan fingerprint density at radius 3 is 2.29 bits per heavy atom. The smallest absolute Gasteiger partial charge is 0.340 e. The molecule has 0 radical (unpaired) electrons. The number of halogens is 3. The number of carbonyl (C=O) groups excluding carboxylic acids is 1. The van der Waals surface area contributed by atoms with E-state index in [1.807, 2.05) is 4.83 Å². The second kappa shape index (κ2) is 10.2. The van der Waals surface area contributed by atoms with Crippen molar-refractivity contribution >= 4 is 45.2 Å². The Morgan fingerprint density at radius 2 is 1.68 bits per heavy atom.